The van der Waals surface area contributed by atoms with E-state index in [1.54, 1.807) is 0 Å². The monoisotopic (exact) mass is 648 g/mol. The lowest BCUT2D eigenvalue weighted by molar-refractivity contribution is -0.0825. The summed E-state index contributed by atoms with van der Waals surface area (Å²) in [5, 5.41) is 13.6. The molecule has 2 heterocycles. The Kier molecular flexibility index (Phi) is 9.65. The molecule has 6 heteroatoms. The molecular weight excluding hydrogens is 602 g/mol. The molecule has 4 aromatic carbocycles. The van der Waals surface area contributed by atoms with E-state index in [-0.39, 0.29) is 24.7 Å². The molecule has 4 aliphatic rings. The predicted octanol–water partition coefficient (Wildman–Crippen LogP) is 6.22. The SMILES string of the molecule is c1ccc(P(c2ccccc2)C2CCCC2C2NCC(C3CNC(C4CCCC4P(c4ccccc4)c4ccccc4)O3)O2)cc1. The highest BCUT2D eigenvalue weighted by Gasteiger charge is 2.48. The van der Waals surface area contributed by atoms with Crippen molar-refractivity contribution >= 4 is 37.1 Å². The molecule has 46 heavy (non-hydrogen) atoms. The first-order valence-electron chi connectivity index (χ1n) is 17.4. The van der Waals surface area contributed by atoms with Gasteiger partial charge in [-0.2, -0.15) is 0 Å². The largest absolute Gasteiger partial charge is 0.356 e. The molecule has 0 radical (unpaired) electrons. The van der Waals surface area contributed by atoms with E-state index in [0.29, 0.717) is 23.2 Å². The minimum Gasteiger partial charge on any atom is -0.356 e. The normalized spacial score (nSPS) is 31.3. The number of rotatable bonds is 9. The van der Waals surface area contributed by atoms with Gasteiger partial charge in [-0.1, -0.05) is 134 Å². The fourth-order valence-electron chi connectivity index (χ4n) is 8.68. The topological polar surface area (TPSA) is 42.5 Å². The fraction of sp³-hybridized carbons (Fsp3) is 0.400. The first kappa shape index (κ1) is 30.9. The Morgan fingerprint density at radius 2 is 0.761 bits per heavy atom. The lowest BCUT2D eigenvalue weighted by Crippen LogP contribution is -2.38. The van der Waals surface area contributed by atoms with Crippen molar-refractivity contribution in [2.24, 2.45) is 11.8 Å². The average molecular weight is 649 g/mol. The minimum absolute atomic E-state index is 0.0908. The second-order valence-electron chi connectivity index (χ2n) is 13.4. The van der Waals surface area contributed by atoms with Crippen LogP contribution in [0.4, 0.5) is 0 Å². The molecule has 2 saturated heterocycles. The Labute approximate surface area is 277 Å². The van der Waals surface area contributed by atoms with Crippen LogP contribution in [0.2, 0.25) is 0 Å². The van der Waals surface area contributed by atoms with Gasteiger partial charge in [-0.3, -0.25) is 10.6 Å². The summed E-state index contributed by atoms with van der Waals surface area (Å²) in [7, 11) is -0.914. The zero-order valence-corrected chi connectivity index (χ0v) is 28.3. The quantitative estimate of drug-likeness (QED) is 0.212. The average Bonchev–Trinajstić information content (AvgIpc) is 3.94. The van der Waals surface area contributed by atoms with Gasteiger partial charge >= 0.3 is 0 Å². The zero-order chi connectivity index (χ0) is 30.7. The Morgan fingerprint density at radius 3 is 1.09 bits per heavy atom. The van der Waals surface area contributed by atoms with Crippen molar-refractivity contribution in [2.45, 2.75) is 74.5 Å². The number of hydrogen-bond donors (Lipinski definition) is 2. The van der Waals surface area contributed by atoms with Crippen molar-refractivity contribution in [3.63, 3.8) is 0 Å². The highest BCUT2D eigenvalue weighted by Crippen LogP contribution is 2.53. The van der Waals surface area contributed by atoms with E-state index in [4.69, 9.17) is 9.47 Å². The van der Waals surface area contributed by atoms with Gasteiger partial charge in [-0.05, 0) is 74.1 Å². The van der Waals surface area contributed by atoms with Gasteiger partial charge in [0.2, 0.25) is 0 Å². The third kappa shape index (κ3) is 6.38. The van der Waals surface area contributed by atoms with Crippen molar-refractivity contribution in [2.75, 3.05) is 13.1 Å². The number of benzene rings is 4. The fourth-order valence-corrected chi connectivity index (χ4v) is 15.0. The first-order valence-corrected chi connectivity index (χ1v) is 20.2. The minimum atomic E-state index is -0.457. The molecule has 2 aliphatic carbocycles. The molecule has 2 N–H and O–H groups in total. The highest BCUT2D eigenvalue weighted by molar-refractivity contribution is 7.74. The maximum Gasteiger partial charge on any atom is 0.112 e. The Bertz CT molecular complexity index is 1330. The first-order chi connectivity index (χ1) is 22.8. The van der Waals surface area contributed by atoms with E-state index >= 15 is 0 Å². The summed E-state index contributed by atoms with van der Waals surface area (Å²) in [6.45, 7) is 1.74. The Balaban J connectivity index is 0.958. The summed E-state index contributed by atoms with van der Waals surface area (Å²) >= 11 is 0. The van der Waals surface area contributed by atoms with Gasteiger partial charge in [-0.25, -0.2) is 0 Å². The lowest BCUT2D eigenvalue weighted by Gasteiger charge is -2.34. The molecule has 0 amide bonds. The summed E-state index contributed by atoms with van der Waals surface area (Å²) in [5.74, 6) is 1.03. The van der Waals surface area contributed by atoms with Crippen molar-refractivity contribution < 1.29 is 9.47 Å². The Hall–Kier alpha value is -2.42. The van der Waals surface area contributed by atoms with Crippen LogP contribution >= 0.6 is 15.8 Å². The maximum absolute atomic E-state index is 6.94. The van der Waals surface area contributed by atoms with Crippen LogP contribution < -0.4 is 31.9 Å². The summed E-state index contributed by atoms with van der Waals surface area (Å²) < 4.78 is 13.9. The third-order valence-corrected chi connectivity index (χ3v) is 16.8. The number of ether oxygens (including phenoxy) is 2. The molecule has 4 aromatic rings. The van der Waals surface area contributed by atoms with Gasteiger partial charge in [0.05, 0.1) is 12.2 Å². The number of hydrogen-bond acceptors (Lipinski definition) is 4. The maximum atomic E-state index is 6.94. The smallest absolute Gasteiger partial charge is 0.112 e. The molecule has 0 spiro atoms. The van der Waals surface area contributed by atoms with Crippen LogP contribution in [0.15, 0.2) is 121 Å². The lowest BCUT2D eigenvalue weighted by atomic mass is 10.1. The third-order valence-electron chi connectivity index (χ3n) is 10.7. The van der Waals surface area contributed by atoms with Crippen molar-refractivity contribution in [3.05, 3.63) is 121 Å². The summed E-state index contributed by atoms with van der Waals surface area (Å²) in [4.78, 5) is 0. The van der Waals surface area contributed by atoms with Gasteiger partial charge in [0.1, 0.15) is 12.5 Å². The van der Waals surface area contributed by atoms with Crippen LogP contribution in [-0.4, -0.2) is 49.1 Å². The van der Waals surface area contributed by atoms with E-state index in [9.17, 15) is 0 Å². The molecule has 8 unspecified atom stereocenters. The van der Waals surface area contributed by atoms with Gasteiger partial charge < -0.3 is 9.47 Å². The van der Waals surface area contributed by atoms with E-state index in [1.165, 1.54) is 59.7 Å². The van der Waals surface area contributed by atoms with E-state index in [2.05, 4.69) is 132 Å². The standard InChI is InChI=1S/C40H46N2O2P2/c1-5-15-29(16-6-1)45(30-17-7-2-8-18-30)37-25-13-23-33(37)39-41-27-35(43-39)36-28-42-40(44-36)34-24-14-26-38(34)46(31-19-9-3-10-20-31)32-21-11-4-12-22-32/h1-12,15-22,33-42H,13-14,23-28H2. The van der Waals surface area contributed by atoms with Crippen molar-refractivity contribution in [1.29, 1.82) is 0 Å². The van der Waals surface area contributed by atoms with Gasteiger partial charge in [0.25, 0.3) is 0 Å². The molecule has 0 bridgehead atoms. The molecule has 2 saturated carbocycles. The van der Waals surface area contributed by atoms with Crippen molar-refractivity contribution in [1.82, 2.24) is 10.6 Å². The highest BCUT2D eigenvalue weighted by atomic mass is 31.1. The zero-order valence-electron chi connectivity index (χ0n) is 26.5. The summed E-state index contributed by atoms with van der Waals surface area (Å²) in [6, 6.07) is 44.9. The van der Waals surface area contributed by atoms with E-state index in [0.717, 1.165) is 13.1 Å². The molecular formula is C40H46N2O2P2. The summed E-state index contributed by atoms with van der Waals surface area (Å²) in [5.41, 5.74) is 1.22. The molecule has 0 aromatic heterocycles. The molecule has 4 fully saturated rings. The van der Waals surface area contributed by atoms with Gasteiger partial charge in [-0.15, -0.1) is 0 Å². The van der Waals surface area contributed by atoms with Crippen LogP contribution in [-0.2, 0) is 9.47 Å². The second-order valence-corrected chi connectivity index (χ2v) is 18.3. The van der Waals surface area contributed by atoms with Crippen LogP contribution in [0.5, 0.6) is 0 Å². The summed E-state index contributed by atoms with van der Waals surface area (Å²) in [6.07, 6.45) is 7.92. The van der Waals surface area contributed by atoms with Crippen LogP contribution in [0, 0.1) is 11.8 Å². The van der Waals surface area contributed by atoms with Gasteiger partial charge in [0, 0.05) is 24.9 Å². The number of nitrogens with one attached hydrogen (secondary N) is 2. The second kappa shape index (κ2) is 14.4. The van der Waals surface area contributed by atoms with E-state index < -0.39 is 15.8 Å². The molecule has 4 nitrogen and oxygen atoms in total. The van der Waals surface area contributed by atoms with Crippen molar-refractivity contribution in [3.8, 4) is 0 Å². The molecule has 2 aliphatic heterocycles. The predicted molar refractivity (Wildman–Crippen MR) is 194 cm³/mol. The Morgan fingerprint density at radius 1 is 0.435 bits per heavy atom. The molecule has 238 valence electrons. The van der Waals surface area contributed by atoms with Crippen LogP contribution in [0.1, 0.15) is 38.5 Å². The van der Waals surface area contributed by atoms with Gasteiger partial charge in [0.15, 0.2) is 0 Å². The van der Waals surface area contributed by atoms with Crippen LogP contribution in [0.3, 0.4) is 0 Å². The van der Waals surface area contributed by atoms with Crippen LogP contribution in [0.25, 0.3) is 0 Å². The molecule has 8 rings (SSSR count). The molecule has 8 atom stereocenters. The van der Waals surface area contributed by atoms with E-state index in [1.807, 2.05) is 0 Å².